The molecule has 0 aliphatic carbocycles. The molecule has 2 saturated heterocycles. The number of rotatable bonds is 5. The van der Waals surface area contributed by atoms with Crippen LogP contribution in [0.2, 0.25) is 0 Å². The monoisotopic (exact) mass is 381 g/mol. The molecule has 1 amide bonds. The Kier molecular flexibility index (Phi) is 5.76. The van der Waals surface area contributed by atoms with Crippen molar-refractivity contribution in [3.05, 3.63) is 41.3 Å². The normalized spacial score (nSPS) is 22.6. The molecule has 2 aromatic rings. The molecule has 4 rings (SSSR count). The highest BCUT2D eigenvalue weighted by atomic mass is 16.1. The third-order valence-electron chi connectivity index (χ3n) is 6.43. The molecular formula is C22H31N5O. The Bertz CT molecular complexity index is 814. The van der Waals surface area contributed by atoms with E-state index in [1.165, 1.54) is 45.2 Å². The van der Waals surface area contributed by atoms with Gasteiger partial charge in [-0.15, -0.1) is 0 Å². The van der Waals surface area contributed by atoms with Gasteiger partial charge in [0.05, 0.1) is 12.1 Å². The Morgan fingerprint density at radius 1 is 1.18 bits per heavy atom. The van der Waals surface area contributed by atoms with E-state index in [2.05, 4.69) is 20.3 Å². The summed E-state index contributed by atoms with van der Waals surface area (Å²) in [5, 5.41) is 7.82. The molecule has 0 saturated carbocycles. The van der Waals surface area contributed by atoms with Gasteiger partial charge in [0, 0.05) is 30.0 Å². The number of hydrogen-bond acceptors (Lipinski definition) is 4. The van der Waals surface area contributed by atoms with Gasteiger partial charge in [0.1, 0.15) is 0 Å². The maximum atomic E-state index is 12.7. The first-order chi connectivity index (χ1) is 13.6. The van der Waals surface area contributed by atoms with Crippen LogP contribution in [-0.2, 0) is 11.2 Å². The smallest absolute Gasteiger partial charge is 0.224 e. The lowest BCUT2D eigenvalue weighted by Gasteiger charge is -2.44. The molecule has 6 nitrogen and oxygen atoms in total. The van der Waals surface area contributed by atoms with Crippen LogP contribution in [0.15, 0.2) is 24.4 Å². The number of carbonyl (C=O) groups excluding carboxylic acids is 1. The molecule has 0 unspecified atom stereocenters. The van der Waals surface area contributed by atoms with Gasteiger partial charge in [-0.05, 0) is 70.7 Å². The fourth-order valence-electron chi connectivity index (χ4n) is 4.92. The Morgan fingerprint density at radius 2 is 2.04 bits per heavy atom. The van der Waals surface area contributed by atoms with E-state index in [1.807, 2.05) is 36.7 Å². The van der Waals surface area contributed by atoms with Crippen molar-refractivity contribution in [2.75, 3.05) is 19.6 Å². The Hall–Kier alpha value is -2.21. The van der Waals surface area contributed by atoms with Gasteiger partial charge in [-0.3, -0.25) is 4.79 Å². The minimum Gasteiger partial charge on any atom is -0.355 e. The number of pyridine rings is 1. The van der Waals surface area contributed by atoms with Gasteiger partial charge >= 0.3 is 0 Å². The second-order valence-electron chi connectivity index (χ2n) is 8.23. The molecule has 0 spiro atoms. The number of aryl methyl sites for hydroxylation is 1. The molecule has 2 aromatic heterocycles. The standard InChI is InChI=1S/C22H31N5O/c1-16-19(17(2)27(25-16)21-10-3-5-11-23-21)14-22(28)24-15-18-8-7-13-26-12-6-4-9-20(18)26/h3,5,10-11,18,20H,4,6-9,12-15H2,1-2H3,(H,24,28)/t18-,20-/m1/s1. The number of carbonyl (C=O) groups is 1. The summed E-state index contributed by atoms with van der Waals surface area (Å²) in [6, 6.07) is 6.44. The van der Waals surface area contributed by atoms with Crippen LogP contribution in [0.4, 0.5) is 0 Å². The van der Waals surface area contributed by atoms with Crippen LogP contribution < -0.4 is 5.32 Å². The van der Waals surface area contributed by atoms with Crippen molar-refractivity contribution in [3.63, 3.8) is 0 Å². The highest BCUT2D eigenvalue weighted by molar-refractivity contribution is 5.79. The molecule has 0 aromatic carbocycles. The molecule has 4 heterocycles. The maximum Gasteiger partial charge on any atom is 0.224 e. The number of amides is 1. The van der Waals surface area contributed by atoms with Crippen molar-refractivity contribution < 1.29 is 4.79 Å². The van der Waals surface area contributed by atoms with E-state index in [9.17, 15) is 4.79 Å². The van der Waals surface area contributed by atoms with Gasteiger partial charge in [-0.25, -0.2) is 9.67 Å². The summed E-state index contributed by atoms with van der Waals surface area (Å²) in [6.07, 6.45) is 8.58. The zero-order valence-corrected chi connectivity index (χ0v) is 17.0. The van der Waals surface area contributed by atoms with E-state index in [0.717, 1.165) is 29.3 Å². The number of aromatic nitrogens is 3. The van der Waals surface area contributed by atoms with Crippen molar-refractivity contribution in [2.45, 2.75) is 58.4 Å². The van der Waals surface area contributed by atoms with Crippen molar-refractivity contribution in [3.8, 4) is 5.82 Å². The summed E-state index contributed by atoms with van der Waals surface area (Å²) in [4.78, 5) is 19.7. The molecule has 150 valence electrons. The van der Waals surface area contributed by atoms with Gasteiger partial charge < -0.3 is 10.2 Å². The van der Waals surface area contributed by atoms with Crippen molar-refractivity contribution in [1.82, 2.24) is 25.0 Å². The Labute approximate surface area is 167 Å². The van der Waals surface area contributed by atoms with Gasteiger partial charge in [-0.2, -0.15) is 5.10 Å². The average molecular weight is 382 g/mol. The molecule has 1 N–H and O–H groups in total. The molecule has 2 aliphatic rings. The van der Waals surface area contributed by atoms with Crippen molar-refractivity contribution >= 4 is 5.91 Å². The third kappa shape index (κ3) is 3.97. The van der Waals surface area contributed by atoms with Crippen LogP contribution in [0.5, 0.6) is 0 Å². The summed E-state index contributed by atoms with van der Waals surface area (Å²) in [7, 11) is 0. The summed E-state index contributed by atoms with van der Waals surface area (Å²) in [5.41, 5.74) is 2.89. The van der Waals surface area contributed by atoms with E-state index in [4.69, 9.17) is 0 Å². The fraction of sp³-hybridized carbons (Fsp3) is 0.591. The first-order valence-electron chi connectivity index (χ1n) is 10.6. The zero-order valence-electron chi connectivity index (χ0n) is 17.0. The van der Waals surface area contributed by atoms with Gasteiger partial charge in [0.2, 0.25) is 5.91 Å². The van der Waals surface area contributed by atoms with Gasteiger partial charge in [-0.1, -0.05) is 12.5 Å². The molecule has 2 aliphatic heterocycles. The lowest BCUT2D eigenvalue weighted by molar-refractivity contribution is -0.120. The van der Waals surface area contributed by atoms with Gasteiger partial charge in [0.15, 0.2) is 5.82 Å². The van der Waals surface area contributed by atoms with Crippen molar-refractivity contribution in [1.29, 1.82) is 0 Å². The largest absolute Gasteiger partial charge is 0.355 e. The van der Waals surface area contributed by atoms with Crippen LogP contribution in [-0.4, -0.2) is 51.2 Å². The van der Waals surface area contributed by atoms with E-state index in [0.29, 0.717) is 18.4 Å². The Balaban J connectivity index is 1.38. The average Bonchev–Trinajstić information content (AvgIpc) is 3.01. The molecule has 6 heteroatoms. The Morgan fingerprint density at radius 3 is 2.86 bits per heavy atom. The first-order valence-corrected chi connectivity index (χ1v) is 10.6. The van der Waals surface area contributed by atoms with Crippen molar-refractivity contribution in [2.24, 2.45) is 5.92 Å². The summed E-state index contributed by atoms with van der Waals surface area (Å²) >= 11 is 0. The van der Waals surface area contributed by atoms with Crippen LogP contribution >= 0.6 is 0 Å². The zero-order chi connectivity index (χ0) is 19.5. The third-order valence-corrected chi connectivity index (χ3v) is 6.43. The molecule has 2 atom stereocenters. The number of piperidine rings is 2. The van der Waals surface area contributed by atoms with E-state index >= 15 is 0 Å². The van der Waals surface area contributed by atoms with Crippen LogP contribution in [0, 0.1) is 19.8 Å². The van der Waals surface area contributed by atoms with E-state index in [1.54, 1.807) is 6.20 Å². The SMILES string of the molecule is Cc1nn(-c2ccccn2)c(C)c1CC(=O)NC[C@H]1CCCN2CCCC[C@H]12. The first kappa shape index (κ1) is 19.1. The van der Waals surface area contributed by atoms with Crippen LogP contribution in [0.1, 0.15) is 49.1 Å². The predicted molar refractivity (Wildman–Crippen MR) is 109 cm³/mol. The molecule has 0 radical (unpaired) electrons. The molecule has 28 heavy (non-hydrogen) atoms. The summed E-state index contributed by atoms with van der Waals surface area (Å²) in [6.45, 7) is 7.25. The lowest BCUT2D eigenvalue weighted by atomic mass is 9.83. The number of fused-ring (bicyclic) bond motifs is 1. The number of nitrogens with one attached hydrogen (secondary N) is 1. The maximum absolute atomic E-state index is 12.7. The minimum atomic E-state index is 0.0969. The quantitative estimate of drug-likeness (QED) is 0.865. The molecule has 2 fully saturated rings. The fourth-order valence-corrected chi connectivity index (χ4v) is 4.92. The summed E-state index contributed by atoms with van der Waals surface area (Å²) < 4.78 is 1.83. The second-order valence-corrected chi connectivity index (χ2v) is 8.23. The number of nitrogens with zero attached hydrogens (tertiary/aromatic N) is 4. The van der Waals surface area contributed by atoms with E-state index < -0.39 is 0 Å². The van der Waals surface area contributed by atoms with Crippen LogP contribution in [0.25, 0.3) is 5.82 Å². The highest BCUT2D eigenvalue weighted by Gasteiger charge is 2.33. The van der Waals surface area contributed by atoms with Gasteiger partial charge in [0.25, 0.3) is 0 Å². The number of hydrogen-bond donors (Lipinski definition) is 1. The topological polar surface area (TPSA) is 63.1 Å². The predicted octanol–water partition coefficient (Wildman–Crippen LogP) is 2.81. The minimum absolute atomic E-state index is 0.0969. The van der Waals surface area contributed by atoms with E-state index in [-0.39, 0.29) is 5.91 Å². The lowest BCUT2D eigenvalue weighted by Crippen LogP contribution is -2.51. The summed E-state index contributed by atoms with van der Waals surface area (Å²) in [5.74, 6) is 1.48. The molecular weight excluding hydrogens is 350 g/mol. The molecule has 0 bridgehead atoms. The second kappa shape index (κ2) is 8.43. The highest BCUT2D eigenvalue weighted by Crippen LogP contribution is 2.30. The van der Waals surface area contributed by atoms with Crippen LogP contribution in [0.3, 0.4) is 0 Å².